The summed E-state index contributed by atoms with van der Waals surface area (Å²) in [6.45, 7) is 2.48. The first kappa shape index (κ1) is 9.40. The summed E-state index contributed by atoms with van der Waals surface area (Å²) in [5.41, 5.74) is 0. The fourth-order valence-electron chi connectivity index (χ4n) is 3.25. The van der Waals surface area contributed by atoms with Crippen molar-refractivity contribution in [3.63, 3.8) is 0 Å². The van der Waals surface area contributed by atoms with Crippen molar-refractivity contribution in [3.8, 4) is 0 Å². The van der Waals surface area contributed by atoms with E-state index < -0.39 is 0 Å². The predicted octanol–water partition coefficient (Wildman–Crippen LogP) is 2.65. The van der Waals surface area contributed by atoms with Gasteiger partial charge in [-0.3, -0.25) is 0 Å². The Balaban J connectivity index is 1.52. The van der Waals surface area contributed by atoms with Gasteiger partial charge in [0, 0.05) is 30.5 Å². The molecule has 0 N–H and O–H groups in total. The fourth-order valence-corrected chi connectivity index (χ4v) is 4.02. The Labute approximate surface area is 100 Å². The summed E-state index contributed by atoms with van der Waals surface area (Å²) >= 11 is 1.62. The second-order valence-electron chi connectivity index (χ2n) is 5.57. The van der Waals surface area contributed by atoms with E-state index in [1.165, 1.54) is 50.3 Å². The SMILES string of the molecule is C1CC2CN(c3nc(C4CC4)ns3)CC2C1. The maximum atomic E-state index is 4.71. The molecule has 0 radical (unpaired) electrons. The smallest absolute Gasteiger partial charge is 0.205 e. The zero-order valence-corrected chi connectivity index (χ0v) is 10.2. The van der Waals surface area contributed by atoms with Crippen molar-refractivity contribution in [1.82, 2.24) is 9.36 Å². The van der Waals surface area contributed by atoms with Crippen LogP contribution >= 0.6 is 11.5 Å². The fraction of sp³-hybridized carbons (Fsp3) is 0.833. The molecule has 2 saturated carbocycles. The van der Waals surface area contributed by atoms with Gasteiger partial charge in [0.15, 0.2) is 0 Å². The molecule has 3 fully saturated rings. The van der Waals surface area contributed by atoms with Gasteiger partial charge in [0.05, 0.1) is 0 Å². The molecule has 0 amide bonds. The van der Waals surface area contributed by atoms with Gasteiger partial charge in [-0.2, -0.15) is 4.37 Å². The minimum Gasteiger partial charge on any atom is -0.346 e. The molecule has 2 unspecified atom stereocenters. The topological polar surface area (TPSA) is 29.0 Å². The molecular weight excluding hydrogens is 218 g/mol. The van der Waals surface area contributed by atoms with Crippen LogP contribution in [0.4, 0.5) is 5.13 Å². The first-order chi connectivity index (χ1) is 7.90. The highest BCUT2D eigenvalue weighted by molar-refractivity contribution is 7.09. The highest BCUT2D eigenvalue weighted by Crippen LogP contribution is 2.42. The van der Waals surface area contributed by atoms with E-state index in [-0.39, 0.29) is 0 Å². The number of nitrogens with zero attached hydrogens (tertiary/aromatic N) is 3. The Morgan fingerprint density at radius 3 is 2.50 bits per heavy atom. The molecule has 0 spiro atoms. The summed E-state index contributed by atoms with van der Waals surface area (Å²) < 4.78 is 4.51. The molecule has 2 atom stereocenters. The van der Waals surface area contributed by atoms with E-state index >= 15 is 0 Å². The van der Waals surface area contributed by atoms with Crippen molar-refractivity contribution in [2.45, 2.75) is 38.0 Å². The Morgan fingerprint density at radius 1 is 1.06 bits per heavy atom. The monoisotopic (exact) mass is 235 g/mol. The van der Waals surface area contributed by atoms with Crippen molar-refractivity contribution in [3.05, 3.63) is 5.82 Å². The van der Waals surface area contributed by atoms with Crippen LogP contribution in [0.25, 0.3) is 0 Å². The van der Waals surface area contributed by atoms with Crippen LogP contribution in [0, 0.1) is 11.8 Å². The van der Waals surface area contributed by atoms with Gasteiger partial charge >= 0.3 is 0 Å². The molecule has 1 aromatic heterocycles. The quantitative estimate of drug-likeness (QED) is 0.789. The second-order valence-corrected chi connectivity index (χ2v) is 6.30. The lowest BCUT2D eigenvalue weighted by Gasteiger charge is -2.14. The molecule has 2 heterocycles. The summed E-state index contributed by atoms with van der Waals surface area (Å²) in [4.78, 5) is 7.20. The Kier molecular flexibility index (Phi) is 2.01. The highest BCUT2D eigenvalue weighted by atomic mass is 32.1. The van der Waals surface area contributed by atoms with E-state index in [2.05, 4.69) is 9.27 Å². The zero-order valence-electron chi connectivity index (χ0n) is 9.43. The highest BCUT2D eigenvalue weighted by Gasteiger charge is 2.37. The third kappa shape index (κ3) is 1.46. The average molecular weight is 235 g/mol. The van der Waals surface area contributed by atoms with Gasteiger partial charge in [0.25, 0.3) is 0 Å². The van der Waals surface area contributed by atoms with Crippen LogP contribution in [0.3, 0.4) is 0 Å². The summed E-state index contributed by atoms with van der Waals surface area (Å²) in [6.07, 6.45) is 6.94. The van der Waals surface area contributed by atoms with E-state index in [9.17, 15) is 0 Å². The van der Waals surface area contributed by atoms with Gasteiger partial charge in [-0.1, -0.05) is 6.42 Å². The minimum absolute atomic E-state index is 0.701. The molecule has 1 aromatic rings. The molecule has 3 nitrogen and oxygen atoms in total. The van der Waals surface area contributed by atoms with Crippen molar-refractivity contribution in [1.29, 1.82) is 0 Å². The molecule has 1 aliphatic heterocycles. The van der Waals surface area contributed by atoms with Crippen molar-refractivity contribution >= 4 is 16.7 Å². The first-order valence-corrected chi connectivity index (χ1v) is 7.26. The molecule has 0 bridgehead atoms. The van der Waals surface area contributed by atoms with Gasteiger partial charge < -0.3 is 4.90 Å². The molecule has 16 heavy (non-hydrogen) atoms. The van der Waals surface area contributed by atoms with E-state index in [1.54, 1.807) is 11.5 Å². The third-order valence-electron chi connectivity index (χ3n) is 4.37. The van der Waals surface area contributed by atoms with Gasteiger partial charge in [0.2, 0.25) is 5.13 Å². The summed E-state index contributed by atoms with van der Waals surface area (Å²) in [5.74, 6) is 3.73. The number of fused-ring (bicyclic) bond motifs is 1. The Bertz CT molecular complexity index is 387. The molecule has 1 saturated heterocycles. The van der Waals surface area contributed by atoms with E-state index in [0.717, 1.165) is 17.7 Å². The van der Waals surface area contributed by atoms with Crippen LogP contribution in [0.5, 0.6) is 0 Å². The van der Waals surface area contributed by atoms with Crippen molar-refractivity contribution < 1.29 is 0 Å². The molecule has 4 rings (SSSR count). The number of aromatic nitrogens is 2. The first-order valence-electron chi connectivity index (χ1n) is 6.49. The largest absolute Gasteiger partial charge is 0.346 e. The molecule has 86 valence electrons. The van der Waals surface area contributed by atoms with Crippen molar-refractivity contribution in [2.24, 2.45) is 11.8 Å². The van der Waals surface area contributed by atoms with Gasteiger partial charge in [-0.25, -0.2) is 4.98 Å². The molecular formula is C12H17N3S. The molecule has 0 aromatic carbocycles. The lowest BCUT2D eigenvalue weighted by Crippen LogP contribution is -2.20. The number of hydrogen-bond donors (Lipinski definition) is 0. The molecule has 2 aliphatic carbocycles. The van der Waals surface area contributed by atoms with Crippen LogP contribution in [-0.4, -0.2) is 22.4 Å². The lowest BCUT2D eigenvalue weighted by molar-refractivity contribution is 0.494. The Morgan fingerprint density at radius 2 is 1.81 bits per heavy atom. The van der Waals surface area contributed by atoms with E-state index in [0.29, 0.717) is 5.92 Å². The summed E-state index contributed by atoms with van der Waals surface area (Å²) in [7, 11) is 0. The van der Waals surface area contributed by atoms with Crippen LogP contribution in [0.1, 0.15) is 43.8 Å². The molecule has 4 heteroatoms. The maximum Gasteiger partial charge on any atom is 0.205 e. The Hall–Kier alpha value is -0.640. The maximum absolute atomic E-state index is 4.71. The normalized spacial score (nSPS) is 33.4. The van der Waals surface area contributed by atoms with Crippen LogP contribution in [-0.2, 0) is 0 Å². The van der Waals surface area contributed by atoms with Crippen LogP contribution in [0.15, 0.2) is 0 Å². The van der Waals surface area contributed by atoms with E-state index in [4.69, 9.17) is 4.98 Å². The summed E-state index contributed by atoms with van der Waals surface area (Å²) in [5, 5.41) is 1.19. The predicted molar refractivity (Wildman–Crippen MR) is 64.9 cm³/mol. The zero-order chi connectivity index (χ0) is 10.5. The minimum atomic E-state index is 0.701. The van der Waals surface area contributed by atoms with Gasteiger partial charge in [0.1, 0.15) is 5.82 Å². The number of rotatable bonds is 2. The number of anilines is 1. The van der Waals surface area contributed by atoms with Crippen LogP contribution in [0.2, 0.25) is 0 Å². The van der Waals surface area contributed by atoms with Gasteiger partial charge in [-0.15, -0.1) is 0 Å². The number of hydrogen-bond acceptors (Lipinski definition) is 4. The van der Waals surface area contributed by atoms with Gasteiger partial charge in [-0.05, 0) is 37.5 Å². The average Bonchev–Trinajstić information content (AvgIpc) is 2.75. The van der Waals surface area contributed by atoms with Crippen LogP contribution < -0.4 is 4.90 Å². The third-order valence-corrected chi connectivity index (χ3v) is 5.16. The van der Waals surface area contributed by atoms with Crippen molar-refractivity contribution in [2.75, 3.05) is 18.0 Å². The second kappa shape index (κ2) is 3.42. The van der Waals surface area contributed by atoms with E-state index in [1.807, 2.05) is 0 Å². The lowest BCUT2D eigenvalue weighted by atomic mass is 10.0. The summed E-state index contributed by atoms with van der Waals surface area (Å²) in [6, 6.07) is 0. The molecule has 3 aliphatic rings. The standard InChI is InChI=1S/C12H17N3S/c1-2-9-6-15(7-10(9)3-1)12-13-11(14-16-12)8-4-5-8/h8-10H,1-7H2.